The summed E-state index contributed by atoms with van der Waals surface area (Å²) in [5.41, 5.74) is 1.90. The Morgan fingerprint density at radius 3 is 2.50 bits per heavy atom. The van der Waals surface area contributed by atoms with Crippen LogP contribution in [0.15, 0.2) is 41.3 Å². The lowest BCUT2D eigenvalue weighted by Gasteiger charge is -2.31. The van der Waals surface area contributed by atoms with Crippen molar-refractivity contribution in [2.45, 2.75) is 37.6 Å². The average Bonchev–Trinajstić information content (AvgIpc) is 2.75. The second-order valence-electron chi connectivity index (χ2n) is 8.24. The number of carbonyl (C=O) groups is 1. The van der Waals surface area contributed by atoms with Gasteiger partial charge in [0.2, 0.25) is 5.91 Å². The van der Waals surface area contributed by atoms with E-state index in [2.05, 4.69) is 10.2 Å². The minimum Gasteiger partial charge on any atom is -0.495 e. The zero-order valence-corrected chi connectivity index (χ0v) is 20.5. The van der Waals surface area contributed by atoms with Gasteiger partial charge in [-0.1, -0.05) is 23.7 Å². The number of likely N-dealkylation sites (tertiary alicyclic amines) is 1. The molecule has 0 aromatic heterocycles. The fraction of sp³-hybridized carbons (Fsp3) is 0.435. The number of aryl methyl sites for hydroxylation is 2. The number of methoxy groups -OCH3 is 1. The maximum absolute atomic E-state index is 13.7. The maximum atomic E-state index is 13.7. The van der Waals surface area contributed by atoms with Crippen molar-refractivity contribution in [3.8, 4) is 5.75 Å². The highest BCUT2D eigenvalue weighted by Crippen LogP contribution is 2.32. The summed E-state index contributed by atoms with van der Waals surface area (Å²) in [5, 5.41) is 3.42. The van der Waals surface area contributed by atoms with E-state index in [9.17, 15) is 13.2 Å². The molecule has 0 bridgehead atoms. The predicted octanol–water partition coefficient (Wildman–Crippen LogP) is 3.37. The lowest BCUT2D eigenvalue weighted by atomic mass is 10.1. The molecule has 2 aromatic rings. The van der Waals surface area contributed by atoms with Crippen molar-refractivity contribution in [2.24, 2.45) is 0 Å². The first-order valence-electron chi connectivity index (χ1n) is 10.5. The highest BCUT2D eigenvalue weighted by Gasteiger charge is 2.31. The molecule has 0 saturated carbocycles. The van der Waals surface area contributed by atoms with Gasteiger partial charge in [0.1, 0.15) is 17.2 Å². The zero-order chi connectivity index (χ0) is 23.5. The molecule has 0 unspecified atom stereocenters. The highest BCUT2D eigenvalue weighted by molar-refractivity contribution is 7.93. The van der Waals surface area contributed by atoms with Crippen LogP contribution in [0.5, 0.6) is 5.75 Å². The van der Waals surface area contributed by atoms with Crippen molar-refractivity contribution in [3.05, 3.63) is 52.5 Å². The minimum absolute atomic E-state index is 0.00351. The summed E-state index contributed by atoms with van der Waals surface area (Å²) < 4.78 is 33.9. The molecule has 0 aliphatic carbocycles. The molecular weight excluding hydrogens is 450 g/mol. The van der Waals surface area contributed by atoms with Gasteiger partial charge in [-0.05, 0) is 82.2 Å². The number of benzene rings is 2. The molecule has 1 fully saturated rings. The molecule has 1 N–H and O–H groups in total. The van der Waals surface area contributed by atoms with Crippen molar-refractivity contribution in [2.75, 3.05) is 38.1 Å². The number of rotatable bonds is 7. The Hall–Kier alpha value is -2.29. The number of nitrogens with zero attached hydrogens (tertiary/aromatic N) is 2. The first kappa shape index (κ1) is 24.4. The lowest BCUT2D eigenvalue weighted by molar-refractivity contribution is -0.120. The fourth-order valence-corrected chi connectivity index (χ4v) is 5.54. The van der Waals surface area contributed by atoms with Crippen LogP contribution in [0.1, 0.15) is 24.0 Å². The van der Waals surface area contributed by atoms with Crippen LogP contribution in [0, 0.1) is 13.8 Å². The molecule has 2 aromatic carbocycles. The Labute approximate surface area is 195 Å². The zero-order valence-electron chi connectivity index (χ0n) is 18.9. The quantitative estimate of drug-likeness (QED) is 0.658. The number of anilines is 1. The van der Waals surface area contributed by atoms with Gasteiger partial charge >= 0.3 is 0 Å². The molecule has 1 aliphatic rings. The van der Waals surface area contributed by atoms with E-state index in [4.69, 9.17) is 16.3 Å². The van der Waals surface area contributed by atoms with Gasteiger partial charge in [-0.15, -0.1) is 0 Å². The van der Waals surface area contributed by atoms with Crippen molar-refractivity contribution in [1.29, 1.82) is 0 Å². The summed E-state index contributed by atoms with van der Waals surface area (Å²) in [6.45, 7) is 5.06. The number of sulfonamides is 1. The summed E-state index contributed by atoms with van der Waals surface area (Å²) in [7, 11) is -0.648. The molecule has 0 spiro atoms. The Balaban J connectivity index is 1.96. The molecule has 174 valence electrons. The van der Waals surface area contributed by atoms with Crippen molar-refractivity contribution < 1.29 is 17.9 Å². The van der Waals surface area contributed by atoms with Gasteiger partial charge in [0, 0.05) is 11.1 Å². The van der Waals surface area contributed by atoms with Gasteiger partial charge < -0.3 is 15.0 Å². The Kier molecular flexibility index (Phi) is 7.69. The predicted molar refractivity (Wildman–Crippen MR) is 127 cm³/mol. The first-order chi connectivity index (χ1) is 15.1. The molecule has 7 nitrogen and oxygen atoms in total. The van der Waals surface area contributed by atoms with E-state index >= 15 is 0 Å². The van der Waals surface area contributed by atoms with Crippen molar-refractivity contribution >= 4 is 33.2 Å². The topological polar surface area (TPSA) is 79.0 Å². The van der Waals surface area contributed by atoms with E-state index in [0.717, 1.165) is 41.4 Å². The third-order valence-corrected chi connectivity index (χ3v) is 7.90. The van der Waals surface area contributed by atoms with Gasteiger partial charge in [0.15, 0.2) is 0 Å². The Bertz CT molecular complexity index is 1080. The SMILES string of the molecule is COc1ccc(C)cc1S(=O)(=O)N(CC(=O)NC1CCN(C)CC1)c1ccc(C)c(Cl)c1. The van der Waals surface area contributed by atoms with Crippen LogP contribution in [0.3, 0.4) is 0 Å². The smallest absolute Gasteiger partial charge is 0.268 e. The van der Waals surface area contributed by atoms with Crippen LogP contribution >= 0.6 is 11.6 Å². The Morgan fingerprint density at radius 2 is 1.88 bits per heavy atom. The van der Waals surface area contributed by atoms with E-state index in [1.54, 1.807) is 43.3 Å². The second-order valence-corrected chi connectivity index (χ2v) is 10.5. The summed E-state index contributed by atoms with van der Waals surface area (Å²) in [6.07, 6.45) is 1.66. The van der Waals surface area contributed by atoms with E-state index < -0.39 is 10.0 Å². The van der Waals surface area contributed by atoms with E-state index in [1.165, 1.54) is 7.11 Å². The highest BCUT2D eigenvalue weighted by atomic mass is 35.5. The number of ether oxygens (including phenoxy) is 1. The van der Waals surface area contributed by atoms with Crippen LogP contribution in [-0.4, -0.2) is 59.1 Å². The summed E-state index contributed by atoms with van der Waals surface area (Å²) in [5.74, 6) is -0.138. The largest absolute Gasteiger partial charge is 0.495 e. The summed E-state index contributed by atoms with van der Waals surface area (Å²) in [4.78, 5) is 15.1. The van der Waals surface area contributed by atoms with E-state index in [0.29, 0.717) is 10.7 Å². The third kappa shape index (κ3) is 5.54. The fourth-order valence-electron chi connectivity index (χ4n) is 3.71. The summed E-state index contributed by atoms with van der Waals surface area (Å²) in [6, 6.07) is 9.93. The first-order valence-corrected chi connectivity index (χ1v) is 12.3. The molecule has 1 heterocycles. The minimum atomic E-state index is -4.11. The maximum Gasteiger partial charge on any atom is 0.268 e. The molecule has 32 heavy (non-hydrogen) atoms. The number of hydrogen-bond acceptors (Lipinski definition) is 5. The molecule has 3 rings (SSSR count). The number of halogens is 1. The van der Waals surface area contributed by atoms with Crippen LogP contribution in [-0.2, 0) is 14.8 Å². The lowest BCUT2D eigenvalue weighted by Crippen LogP contribution is -2.47. The van der Waals surface area contributed by atoms with Gasteiger partial charge in [0.25, 0.3) is 10.0 Å². The van der Waals surface area contributed by atoms with Gasteiger partial charge in [0.05, 0.1) is 12.8 Å². The average molecular weight is 480 g/mol. The number of piperidine rings is 1. The van der Waals surface area contributed by atoms with Gasteiger partial charge in [-0.25, -0.2) is 8.42 Å². The van der Waals surface area contributed by atoms with Crippen LogP contribution in [0.4, 0.5) is 5.69 Å². The number of amides is 1. The van der Waals surface area contributed by atoms with Gasteiger partial charge in [-0.2, -0.15) is 0 Å². The second kappa shape index (κ2) is 10.1. The summed E-state index contributed by atoms with van der Waals surface area (Å²) >= 11 is 6.29. The third-order valence-electron chi connectivity index (χ3n) is 5.70. The number of nitrogens with one attached hydrogen (secondary N) is 1. The number of carbonyl (C=O) groups excluding carboxylic acids is 1. The Morgan fingerprint density at radius 1 is 1.19 bits per heavy atom. The molecule has 1 amide bonds. The molecule has 9 heteroatoms. The number of hydrogen-bond donors (Lipinski definition) is 1. The van der Waals surface area contributed by atoms with Gasteiger partial charge in [-0.3, -0.25) is 9.10 Å². The molecule has 1 aliphatic heterocycles. The van der Waals surface area contributed by atoms with Crippen molar-refractivity contribution in [3.63, 3.8) is 0 Å². The van der Waals surface area contributed by atoms with E-state index in [-0.39, 0.29) is 29.1 Å². The van der Waals surface area contributed by atoms with E-state index in [1.807, 2.05) is 14.0 Å². The molecule has 1 saturated heterocycles. The van der Waals surface area contributed by atoms with Crippen LogP contribution in [0.25, 0.3) is 0 Å². The molecule has 0 radical (unpaired) electrons. The standard InChI is InChI=1S/C23H30ClN3O4S/c1-16-5-8-21(31-4)22(13-16)32(29,30)27(19-7-6-17(2)20(24)14-19)15-23(28)25-18-9-11-26(3)12-10-18/h5-8,13-14,18H,9-12,15H2,1-4H3,(H,25,28). The molecular formula is C23H30ClN3O4S. The monoisotopic (exact) mass is 479 g/mol. The van der Waals surface area contributed by atoms with Crippen LogP contribution in [0.2, 0.25) is 5.02 Å². The normalized spacial score (nSPS) is 15.4. The van der Waals surface area contributed by atoms with Crippen molar-refractivity contribution in [1.82, 2.24) is 10.2 Å². The van der Waals surface area contributed by atoms with Crippen LogP contribution < -0.4 is 14.4 Å². The molecule has 0 atom stereocenters.